The van der Waals surface area contributed by atoms with Gasteiger partial charge in [0.05, 0.1) is 25.4 Å². The zero-order chi connectivity index (χ0) is 19.4. The molecule has 0 aromatic heterocycles. The van der Waals surface area contributed by atoms with E-state index in [1.807, 2.05) is 0 Å². The molecule has 0 aliphatic carbocycles. The van der Waals surface area contributed by atoms with Gasteiger partial charge in [-0.1, -0.05) is 0 Å². The molecular weight excluding hydrogens is 334 g/mol. The van der Waals surface area contributed by atoms with Gasteiger partial charge in [-0.25, -0.2) is 0 Å². The molecule has 0 aromatic carbocycles. The van der Waals surface area contributed by atoms with Gasteiger partial charge in [-0.15, -0.1) is 0 Å². The van der Waals surface area contributed by atoms with E-state index in [1.54, 1.807) is 19.0 Å². The first-order chi connectivity index (χ1) is 11.5. The van der Waals surface area contributed by atoms with E-state index in [0.717, 1.165) is 0 Å². The topological polar surface area (TPSA) is 152 Å². The first-order valence-corrected chi connectivity index (χ1v) is 8.05. The number of nitrogens with zero attached hydrogens (tertiary/aromatic N) is 1. The van der Waals surface area contributed by atoms with Crippen molar-refractivity contribution in [1.29, 1.82) is 0 Å². The standard InChI is InChI=1S/C15H29N3O7/c1-8(20)17-11-9(21)5-15(2,14(24)16-7-18(3)4)25-13(11)12(23)10(22)6-19/h9-13,19,21-23H,5-7H2,1-4H3,(H,16,24)(H,17,20). The highest BCUT2D eigenvalue weighted by atomic mass is 16.5. The van der Waals surface area contributed by atoms with Crippen LogP contribution >= 0.6 is 0 Å². The molecule has 1 rings (SSSR count). The van der Waals surface area contributed by atoms with Crippen LogP contribution in [0.25, 0.3) is 0 Å². The summed E-state index contributed by atoms with van der Waals surface area (Å²) in [6, 6.07) is -1.04. The Morgan fingerprint density at radius 2 is 1.96 bits per heavy atom. The minimum absolute atomic E-state index is 0.115. The van der Waals surface area contributed by atoms with Crippen molar-refractivity contribution in [3.8, 4) is 0 Å². The summed E-state index contributed by atoms with van der Waals surface area (Å²) >= 11 is 0. The number of aliphatic hydroxyl groups excluding tert-OH is 4. The first kappa shape index (κ1) is 21.7. The number of nitrogens with one attached hydrogen (secondary N) is 2. The molecule has 0 spiro atoms. The molecule has 25 heavy (non-hydrogen) atoms. The number of hydrogen-bond donors (Lipinski definition) is 6. The molecule has 146 valence electrons. The molecule has 10 heteroatoms. The molecule has 1 saturated heterocycles. The average Bonchev–Trinajstić information content (AvgIpc) is 2.53. The van der Waals surface area contributed by atoms with Crippen LogP contribution in [0.3, 0.4) is 0 Å². The van der Waals surface area contributed by atoms with Crippen molar-refractivity contribution in [3.05, 3.63) is 0 Å². The minimum Gasteiger partial charge on any atom is -0.394 e. The molecule has 6 atom stereocenters. The second-order valence-corrected chi connectivity index (χ2v) is 6.80. The van der Waals surface area contributed by atoms with E-state index in [9.17, 15) is 24.9 Å². The Morgan fingerprint density at radius 1 is 1.36 bits per heavy atom. The Bertz CT molecular complexity index is 476. The second-order valence-electron chi connectivity index (χ2n) is 6.80. The lowest BCUT2D eigenvalue weighted by Crippen LogP contribution is -2.67. The summed E-state index contributed by atoms with van der Waals surface area (Å²) < 4.78 is 5.71. The van der Waals surface area contributed by atoms with Crippen LogP contribution in [0.15, 0.2) is 0 Å². The third-order valence-corrected chi connectivity index (χ3v) is 4.09. The average molecular weight is 363 g/mol. The number of carbonyl (C=O) groups is 2. The maximum Gasteiger partial charge on any atom is 0.253 e. The van der Waals surface area contributed by atoms with Crippen molar-refractivity contribution in [1.82, 2.24) is 15.5 Å². The minimum atomic E-state index is -1.61. The molecule has 1 aliphatic rings. The molecule has 2 amide bonds. The van der Waals surface area contributed by atoms with E-state index >= 15 is 0 Å². The molecule has 0 radical (unpaired) electrons. The molecule has 1 fully saturated rings. The number of aliphatic hydroxyl groups is 4. The van der Waals surface area contributed by atoms with Crippen molar-refractivity contribution in [2.75, 3.05) is 27.4 Å². The fraction of sp³-hybridized carbons (Fsp3) is 0.867. The monoisotopic (exact) mass is 363 g/mol. The predicted octanol–water partition coefficient (Wildman–Crippen LogP) is -3.25. The van der Waals surface area contributed by atoms with Gasteiger partial charge in [0.1, 0.15) is 23.9 Å². The van der Waals surface area contributed by atoms with Crippen LogP contribution in [-0.4, -0.2) is 101 Å². The molecular formula is C15H29N3O7. The third-order valence-electron chi connectivity index (χ3n) is 4.09. The zero-order valence-corrected chi connectivity index (χ0v) is 15.0. The first-order valence-electron chi connectivity index (χ1n) is 8.05. The van der Waals surface area contributed by atoms with Crippen molar-refractivity contribution in [2.45, 2.75) is 56.3 Å². The smallest absolute Gasteiger partial charge is 0.253 e. The Balaban J connectivity index is 3.04. The molecule has 6 N–H and O–H groups in total. The molecule has 0 saturated carbocycles. The van der Waals surface area contributed by atoms with Crippen molar-refractivity contribution in [3.63, 3.8) is 0 Å². The molecule has 1 aliphatic heterocycles. The zero-order valence-electron chi connectivity index (χ0n) is 15.0. The van der Waals surface area contributed by atoms with Gasteiger partial charge in [-0.2, -0.15) is 0 Å². The summed E-state index contributed by atoms with van der Waals surface area (Å²) in [5.41, 5.74) is -1.48. The van der Waals surface area contributed by atoms with Crippen LogP contribution in [0, 0.1) is 0 Å². The molecule has 0 aromatic rings. The Kier molecular flexibility index (Phi) is 7.72. The van der Waals surface area contributed by atoms with Gasteiger partial charge < -0.3 is 35.8 Å². The van der Waals surface area contributed by atoms with Crippen molar-refractivity contribution < 1.29 is 34.8 Å². The quantitative estimate of drug-likeness (QED) is 0.258. The second kappa shape index (κ2) is 8.88. The van der Waals surface area contributed by atoms with Gasteiger partial charge in [0, 0.05) is 13.3 Å². The predicted molar refractivity (Wildman–Crippen MR) is 87.3 cm³/mol. The van der Waals surface area contributed by atoms with E-state index < -0.39 is 54.5 Å². The van der Waals surface area contributed by atoms with Gasteiger partial charge in [-0.05, 0) is 21.0 Å². The summed E-state index contributed by atoms with van der Waals surface area (Å²) in [6.45, 7) is 2.19. The molecule has 0 bridgehead atoms. The van der Waals surface area contributed by atoms with Crippen LogP contribution in [0.2, 0.25) is 0 Å². The van der Waals surface area contributed by atoms with Crippen molar-refractivity contribution >= 4 is 11.8 Å². The van der Waals surface area contributed by atoms with Gasteiger partial charge in [0.25, 0.3) is 5.91 Å². The van der Waals surface area contributed by atoms with Crippen LogP contribution in [-0.2, 0) is 14.3 Å². The third kappa shape index (κ3) is 5.59. The lowest BCUT2D eigenvalue weighted by molar-refractivity contribution is -0.216. The maximum absolute atomic E-state index is 12.5. The fourth-order valence-electron chi connectivity index (χ4n) is 2.75. The Morgan fingerprint density at radius 3 is 2.44 bits per heavy atom. The van der Waals surface area contributed by atoms with Gasteiger partial charge in [0.2, 0.25) is 5.91 Å². The van der Waals surface area contributed by atoms with E-state index in [2.05, 4.69) is 10.6 Å². The van der Waals surface area contributed by atoms with E-state index in [4.69, 9.17) is 9.84 Å². The van der Waals surface area contributed by atoms with E-state index in [-0.39, 0.29) is 13.1 Å². The highest BCUT2D eigenvalue weighted by molar-refractivity contribution is 5.85. The number of rotatable bonds is 7. The molecule has 6 unspecified atom stereocenters. The summed E-state index contributed by atoms with van der Waals surface area (Å²) in [6.07, 6.45) is -5.77. The van der Waals surface area contributed by atoms with Crippen LogP contribution < -0.4 is 10.6 Å². The SMILES string of the molecule is CC(=O)NC1C(O)CC(C)(C(=O)NCN(C)C)OC1C(O)C(O)CO. The van der Waals surface area contributed by atoms with Crippen LogP contribution in [0.1, 0.15) is 20.3 Å². The number of hydrogen-bond acceptors (Lipinski definition) is 8. The van der Waals surface area contributed by atoms with Gasteiger partial charge >= 0.3 is 0 Å². The summed E-state index contributed by atoms with van der Waals surface area (Å²) in [7, 11) is 3.52. The van der Waals surface area contributed by atoms with E-state index in [0.29, 0.717) is 0 Å². The lowest BCUT2D eigenvalue weighted by Gasteiger charge is -2.46. The number of ether oxygens (including phenoxy) is 1. The van der Waals surface area contributed by atoms with Crippen LogP contribution in [0.5, 0.6) is 0 Å². The summed E-state index contributed by atoms with van der Waals surface area (Å²) in [5, 5.41) is 44.5. The summed E-state index contributed by atoms with van der Waals surface area (Å²) in [5.74, 6) is -0.971. The fourth-order valence-corrected chi connectivity index (χ4v) is 2.75. The summed E-state index contributed by atoms with van der Waals surface area (Å²) in [4.78, 5) is 25.6. The number of amides is 2. The van der Waals surface area contributed by atoms with Gasteiger partial charge in [-0.3, -0.25) is 14.5 Å². The van der Waals surface area contributed by atoms with Crippen molar-refractivity contribution in [2.24, 2.45) is 0 Å². The Labute approximate surface area is 146 Å². The normalized spacial score (nSPS) is 32.1. The Hall–Kier alpha value is -1.30. The molecule has 10 nitrogen and oxygen atoms in total. The maximum atomic E-state index is 12.5. The van der Waals surface area contributed by atoms with Crippen LogP contribution in [0.4, 0.5) is 0 Å². The number of carbonyl (C=O) groups excluding carboxylic acids is 2. The lowest BCUT2D eigenvalue weighted by atomic mass is 9.84. The molecule has 1 heterocycles. The van der Waals surface area contributed by atoms with E-state index in [1.165, 1.54) is 13.8 Å². The largest absolute Gasteiger partial charge is 0.394 e. The highest BCUT2D eigenvalue weighted by Crippen LogP contribution is 2.32. The highest BCUT2D eigenvalue weighted by Gasteiger charge is 2.51. The van der Waals surface area contributed by atoms with Gasteiger partial charge in [0.15, 0.2) is 0 Å².